The average molecular weight is 353 g/mol. The smallest absolute Gasteiger partial charge is 0.183 e. The summed E-state index contributed by atoms with van der Waals surface area (Å²) in [5.74, 6) is 0.905. The number of Topliss-reactive ketones (excluding diaryl/α,β-unsaturated/α-hetero) is 1. The van der Waals surface area contributed by atoms with Crippen LogP contribution in [0.3, 0.4) is 0 Å². The van der Waals surface area contributed by atoms with E-state index in [9.17, 15) is 4.79 Å². The van der Waals surface area contributed by atoms with E-state index in [4.69, 9.17) is 4.74 Å². The fraction of sp³-hybridized carbons (Fsp3) is 0.286. The van der Waals surface area contributed by atoms with Crippen molar-refractivity contribution in [2.24, 2.45) is 0 Å². The molecule has 3 nitrogen and oxygen atoms in total. The number of ether oxygens (including phenoxy) is 1. The number of hydrogen-bond donors (Lipinski definition) is 1. The summed E-state index contributed by atoms with van der Waals surface area (Å²) in [5, 5.41) is 3.90. The summed E-state index contributed by atoms with van der Waals surface area (Å²) in [6, 6.07) is 17.7. The Bertz CT molecular complexity index is 806. The van der Waals surface area contributed by atoms with Gasteiger partial charge in [-0.2, -0.15) is 0 Å². The van der Waals surface area contributed by atoms with Crippen LogP contribution in [-0.2, 0) is 4.79 Å². The number of benzene rings is 2. The van der Waals surface area contributed by atoms with E-state index in [0.29, 0.717) is 0 Å². The van der Waals surface area contributed by atoms with Crippen molar-refractivity contribution in [3.63, 3.8) is 0 Å². The van der Waals surface area contributed by atoms with Crippen LogP contribution >= 0.6 is 11.8 Å². The topological polar surface area (TPSA) is 38.3 Å². The molecule has 0 spiro atoms. The van der Waals surface area contributed by atoms with Crippen LogP contribution in [0.15, 0.2) is 59.6 Å². The van der Waals surface area contributed by atoms with E-state index in [1.54, 1.807) is 11.8 Å². The highest BCUT2D eigenvalue weighted by molar-refractivity contribution is 8.04. The van der Waals surface area contributed by atoms with Crippen molar-refractivity contribution in [3.8, 4) is 5.75 Å². The maximum Gasteiger partial charge on any atom is 0.183 e. The number of nitrogens with one attached hydrogen (secondary N) is 1. The van der Waals surface area contributed by atoms with Gasteiger partial charge in [-0.3, -0.25) is 4.79 Å². The van der Waals surface area contributed by atoms with Gasteiger partial charge >= 0.3 is 0 Å². The van der Waals surface area contributed by atoms with Crippen LogP contribution in [-0.4, -0.2) is 18.4 Å². The monoisotopic (exact) mass is 353 g/mol. The second-order valence-corrected chi connectivity index (χ2v) is 8.08. The van der Waals surface area contributed by atoms with Gasteiger partial charge in [0.05, 0.1) is 15.9 Å². The number of carbonyl (C=O) groups is 1. The van der Waals surface area contributed by atoms with Gasteiger partial charge in [-0.15, -0.1) is 0 Å². The molecule has 4 heteroatoms. The zero-order chi connectivity index (χ0) is 18.0. The molecule has 2 aromatic carbocycles. The van der Waals surface area contributed by atoms with Gasteiger partial charge < -0.3 is 10.1 Å². The first-order valence-corrected chi connectivity index (χ1v) is 9.24. The Morgan fingerprint density at radius 3 is 2.40 bits per heavy atom. The van der Waals surface area contributed by atoms with Crippen LogP contribution in [0.1, 0.15) is 37.1 Å². The first kappa shape index (κ1) is 17.6. The lowest BCUT2D eigenvalue weighted by Crippen LogP contribution is -2.23. The summed E-state index contributed by atoms with van der Waals surface area (Å²) in [6.07, 6.45) is 0. The molecule has 0 amide bonds. The zero-order valence-corrected chi connectivity index (χ0v) is 15.8. The first-order valence-electron chi connectivity index (χ1n) is 8.36. The molecular formula is C21H23NO2S. The SMILES string of the molecule is CNC1=C(c2cccc(OC(C)(C)C)c2)C(=O)C(c2ccccc2)S1. The average Bonchev–Trinajstić information content (AvgIpc) is 2.91. The minimum Gasteiger partial charge on any atom is -0.488 e. The van der Waals surface area contributed by atoms with Gasteiger partial charge in [-0.05, 0) is 44.0 Å². The van der Waals surface area contributed by atoms with E-state index in [0.717, 1.165) is 27.5 Å². The molecule has 25 heavy (non-hydrogen) atoms. The van der Waals surface area contributed by atoms with Gasteiger partial charge in [-0.1, -0.05) is 54.2 Å². The minimum atomic E-state index is -0.278. The molecule has 0 aromatic heterocycles. The molecule has 1 unspecified atom stereocenters. The van der Waals surface area contributed by atoms with Crippen molar-refractivity contribution < 1.29 is 9.53 Å². The molecule has 0 fully saturated rings. The molecule has 1 aliphatic heterocycles. The first-order chi connectivity index (χ1) is 11.9. The summed E-state index contributed by atoms with van der Waals surface area (Å²) in [6.45, 7) is 6.04. The number of allylic oxidation sites excluding steroid dienone is 1. The van der Waals surface area contributed by atoms with E-state index in [-0.39, 0.29) is 16.6 Å². The van der Waals surface area contributed by atoms with E-state index < -0.39 is 0 Å². The summed E-state index contributed by atoms with van der Waals surface area (Å²) >= 11 is 1.57. The van der Waals surface area contributed by atoms with Crippen LogP contribution in [0.5, 0.6) is 5.75 Å². The minimum absolute atomic E-state index is 0.133. The number of hydrogen-bond acceptors (Lipinski definition) is 4. The molecule has 0 bridgehead atoms. The predicted octanol–water partition coefficient (Wildman–Crippen LogP) is 4.81. The molecule has 0 radical (unpaired) electrons. The molecule has 1 aliphatic rings. The maximum absolute atomic E-state index is 13.1. The Kier molecular flexibility index (Phi) is 4.91. The molecule has 1 atom stereocenters. The Labute approximate surface area is 153 Å². The highest BCUT2D eigenvalue weighted by atomic mass is 32.2. The van der Waals surface area contributed by atoms with Crippen LogP contribution in [0, 0.1) is 0 Å². The highest BCUT2D eigenvalue weighted by Crippen LogP contribution is 2.47. The van der Waals surface area contributed by atoms with Crippen LogP contribution in [0.2, 0.25) is 0 Å². The lowest BCUT2D eigenvalue weighted by molar-refractivity contribution is -0.113. The molecule has 130 valence electrons. The van der Waals surface area contributed by atoms with Gasteiger partial charge in [0.25, 0.3) is 0 Å². The van der Waals surface area contributed by atoms with E-state index in [1.807, 2.05) is 82.4 Å². The van der Waals surface area contributed by atoms with Gasteiger partial charge in [0.15, 0.2) is 5.78 Å². The fourth-order valence-electron chi connectivity index (χ4n) is 2.85. The number of thioether (sulfide) groups is 1. The Morgan fingerprint density at radius 2 is 1.76 bits per heavy atom. The lowest BCUT2D eigenvalue weighted by Gasteiger charge is -2.21. The molecule has 0 aliphatic carbocycles. The third-order valence-electron chi connectivity index (χ3n) is 3.82. The summed E-state index contributed by atoms with van der Waals surface area (Å²) < 4.78 is 5.96. The van der Waals surface area contributed by atoms with Gasteiger partial charge in [0, 0.05) is 7.05 Å². The molecular weight excluding hydrogens is 330 g/mol. The molecule has 0 saturated heterocycles. The quantitative estimate of drug-likeness (QED) is 0.856. The van der Waals surface area contributed by atoms with Crippen molar-refractivity contribution in [1.82, 2.24) is 5.32 Å². The van der Waals surface area contributed by atoms with Crippen LogP contribution < -0.4 is 10.1 Å². The second kappa shape index (κ2) is 6.96. The number of ketones is 1. The lowest BCUT2D eigenvalue weighted by atomic mass is 9.97. The Hall–Kier alpha value is -2.20. The van der Waals surface area contributed by atoms with Gasteiger partial charge in [0.2, 0.25) is 0 Å². The standard InChI is InChI=1S/C21H23NO2S/c1-21(2,3)24-16-12-8-11-15(13-16)17-18(23)19(25-20(17)22-4)14-9-6-5-7-10-14/h5-13,19,22H,1-4H3. The Balaban J connectivity index is 1.95. The van der Waals surface area contributed by atoms with E-state index >= 15 is 0 Å². The third-order valence-corrected chi connectivity index (χ3v) is 5.19. The van der Waals surface area contributed by atoms with Crippen molar-refractivity contribution in [2.75, 3.05) is 7.05 Å². The summed E-state index contributed by atoms with van der Waals surface area (Å²) in [7, 11) is 1.86. The largest absolute Gasteiger partial charge is 0.488 e. The van der Waals surface area contributed by atoms with Crippen molar-refractivity contribution in [3.05, 3.63) is 70.8 Å². The zero-order valence-electron chi connectivity index (χ0n) is 15.0. The molecule has 2 aromatic rings. The fourth-order valence-corrected chi connectivity index (χ4v) is 4.05. The summed E-state index contributed by atoms with van der Waals surface area (Å²) in [5.41, 5.74) is 2.38. The van der Waals surface area contributed by atoms with Crippen LogP contribution in [0.4, 0.5) is 0 Å². The molecule has 1 N–H and O–H groups in total. The molecule has 1 heterocycles. The van der Waals surface area contributed by atoms with Crippen molar-refractivity contribution in [1.29, 1.82) is 0 Å². The van der Waals surface area contributed by atoms with Gasteiger partial charge in [0.1, 0.15) is 11.4 Å². The van der Waals surface area contributed by atoms with E-state index in [1.165, 1.54) is 0 Å². The van der Waals surface area contributed by atoms with Crippen LogP contribution in [0.25, 0.3) is 5.57 Å². The highest BCUT2D eigenvalue weighted by Gasteiger charge is 2.35. The Morgan fingerprint density at radius 1 is 1.04 bits per heavy atom. The normalized spacial score (nSPS) is 17.8. The van der Waals surface area contributed by atoms with Crippen molar-refractivity contribution in [2.45, 2.75) is 31.6 Å². The van der Waals surface area contributed by atoms with E-state index in [2.05, 4.69) is 5.32 Å². The number of rotatable bonds is 4. The molecule has 0 saturated carbocycles. The molecule has 3 rings (SSSR count). The maximum atomic E-state index is 13.1. The number of carbonyl (C=O) groups excluding carboxylic acids is 1. The third kappa shape index (κ3) is 3.90. The van der Waals surface area contributed by atoms with Gasteiger partial charge in [-0.25, -0.2) is 0 Å². The summed E-state index contributed by atoms with van der Waals surface area (Å²) in [4.78, 5) is 13.1. The predicted molar refractivity (Wildman–Crippen MR) is 105 cm³/mol. The second-order valence-electron chi connectivity index (χ2n) is 6.97. The van der Waals surface area contributed by atoms with Crippen molar-refractivity contribution >= 4 is 23.1 Å².